The van der Waals surface area contributed by atoms with Crippen molar-refractivity contribution in [3.05, 3.63) is 115 Å². The number of hydrogen-bond acceptors (Lipinski definition) is 4. The van der Waals surface area contributed by atoms with Gasteiger partial charge in [0.2, 0.25) is 0 Å². The molecule has 1 heterocycles. The molecule has 0 aliphatic carbocycles. The number of halogens is 1. The standard InChI is InChI=1S/C37H41FN2O4/c1-5-22-44-32(23-26(4)41)24-31(42)20-21-40-35(25(2)3)34(37(43)39-30-14-10-7-11-15-30)33(27-12-8-6-9-13-27)36(40)28-16-18-29(38)19-17-28/h5-19,25,31-32,42H,1,20-24H2,2-4H3,(H,39,43). The van der Waals surface area contributed by atoms with Crippen molar-refractivity contribution in [2.45, 2.75) is 64.7 Å². The fourth-order valence-corrected chi connectivity index (χ4v) is 5.64. The lowest BCUT2D eigenvalue weighted by molar-refractivity contribution is -0.120. The fourth-order valence-electron chi connectivity index (χ4n) is 5.64. The minimum atomic E-state index is -0.769. The maximum atomic E-state index is 14.2. The normalized spacial score (nSPS) is 12.6. The van der Waals surface area contributed by atoms with E-state index in [1.165, 1.54) is 19.1 Å². The number of benzene rings is 3. The molecule has 230 valence electrons. The van der Waals surface area contributed by atoms with E-state index in [-0.39, 0.29) is 42.9 Å². The van der Waals surface area contributed by atoms with Gasteiger partial charge in [0.15, 0.2) is 0 Å². The molecule has 4 aromatic rings. The molecule has 6 nitrogen and oxygen atoms in total. The van der Waals surface area contributed by atoms with Crippen LogP contribution < -0.4 is 5.32 Å². The number of carbonyl (C=O) groups excluding carboxylic acids is 2. The van der Waals surface area contributed by atoms with Gasteiger partial charge in [0.1, 0.15) is 11.6 Å². The number of aliphatic hydroxyl groups is 1. The van der Waals surface area contributed by atoms with Crippen LogP contribution in [0.25, 0.3) is 22.4 Å². The first-order valence-corrected chi connectivity index (χ1v) is 15.0. The van der Waals surface area contributed by atoms with E-state index < -0.39 is 12.2 Å². The molecule has 0 aliphatic rings. The third kappa shape index (κ3) is 8.18. The molecule has 0 fully saturated rings. The number of carbonyl (C=O) groups is 2. The molecule has 44 heavy (non-hydrogen) atoms. The zero-order valence-electron chi connectivity index (χ0n) is 25.6. The van der Waals surface area contributed by atoms with Crippen LogP contribution in [0, 0.1) is 5.82 Å². The summed E-state index contributed by atoms with van der Waals surface area (Å²) in [5, 5.41) is 14.2. The van der Waals surface area contributed by atoms with Gasteiger partial charge in [-0.2, -0.15) is 0 Å². The number of aromatic nitrogens is 1. The van der Waals surface area contributed by atoms with E-state index in [1.807, 2.05) is 74.5 Å². The van der Waals surface area contributed by atoms with Gasteiger partial charge in [-0.15, -0.1) is 6.58 Å². The largest absolute Gasteiger partial charge is 0.393 e. The van der Waals surface area contributed by atoms with Crippen molar-refractivity contribution in [2.75, 3.05) is 11.9 Å². The highest BCUT2D eigenvalue weighted by molar-refractivity contribution is 6.12. The molecule has 3 aromatic carbocycles. The van der Waals surface area contributed by atoms with E-state index in [4.69, 9.17) is 4.74 Å². The molecule has 0 radical (unpaired) electrons. The Labute approximate surface area is 259 Å². The average molecular weight is 597 g/mol. The lowest BCUT2D eigenvalue weighted by Crippen LogP contribution is -2.25. The molecule has 1 aromatic heterocycles. The van der Waals surface area contributed by atoms with Crippen LogP contribution in [0.1, 0.15) is 62.0 Å². The molecular formula is C37H41FN2O4. The number of hydrogen-bond donors (Lipinski definition) is 2. The van der Waals surface area contributed by atoms with Crippen LogP contribution in [0.2, 0.25) is 0 Å². The Hall–Kier alpha value is -4.33. The molecule has 1 amide bonds. The first-order chi connectivity index (χ1) is 21.2. The zero-order chi connectivity index (χ0) is 31.6. The highest BCUT2D eigenvalue weighted by atomic mass is 19.1. The molecule has 7 heteroatoms. The quantitative estimate of drug-likeness (QED) is 0.136. The van der Waals surface area contributed by atoms with Crippen LogP contribution >= 0.6 is 0 Å². The number of rotatable bonds is 15. The van der Waals surface area contributed by atoms with Gasteiger partial charge in [-0.1, -0.05) is 68.5 Å². The molecule has 0 spiro atoms. The summed E-state index contributed by atoms with van der Waals surface area (Å²) < 4.78 is 22.0. The molecule has 0 aliphatic heterocycles. The summed E-state index contributed by atoms with van der Waals surface area (Å²) in [5.74, 6) is -0.688. The zero-order valence-corrected chi connectivity index (χ0v) is 25.6. The number of aliphatic hydroxyl groups excluding tert-OH is 1. The molecular weight excluding hydrogens is 555 g/mol. The van der Waals surface area contributed by atoms with Gasteiger partial charge in [-0.25, -0.2) is 4.39 Å². The summed E-state index contributed by atoms with van der Waals surface area (Å²) in [6, 6.07) is 25.3. The van der Waals surface area contributed by atoms with Gasteiger partial charge in [-0.05, 0) is 66.8 Å². The number of ether oxygens (including phenoxy) is 1. The van der Waals surface area contributed by atoms with Crippen molar-refractivity contribution in [3.8, 4) is 22.4 Å². The number of amides is 1. The molecule has 2 unspecified atom stereocenters. The highest BCUT2D eigenvalue weighted by Crippen LogP contribution is 2.42. The van der Waals surface area contributed by atoms with Crippen molar-refractivity contribution < 1.29 is 23.8 Å². The van der Waals surface area contributed by atoms with E-state index in [0.29, 0.717) is 24.2 Å². The predicted molar refractivity (Wildman–Crippen MR) is 174 cm³/mol. The Balaban J connectivity index is 1.85. The smallest absolute Gasteiger partial charge is 0.258 e. The third-order valence-corrected chi connectivity index (χ3v) is 7.48. The van der Waals surface area contributed by atoms with Gasteiger partial charge in [0, 0.05) is 36.3 Å². The maximum Gasteiger partial charge on any atom is 0.258 e. The first-order valence-electron chi connectivity index (χ1n) is 15.0. The minimum absolute atomic E-state index is 0.0149. The van der Waals surface area contributed by atoms with Crippen molar-refractivity contribution >= 4 is 17.4 Å². The molecule has 0 saturated carbocycles. The van der Waals surface area contributed by atoms with Crippen LogP contribution in [0.4, 0.5) is 10.1 Å². The van der Waals surface area contributed by atoms with Crippen molar-refractivity contribution in [1.82, 2.24) is 4.57 Å². The second kappa shape index (κ2) is 15.4. The van der Waals surface area contributed by atoms with E-state index in [0.717, 1.165) is 28.1 Å². The summed E-state index contributed by atoms with van der Waals surface area (Å²) in [6.45, 7) is 9.94. The topological polar surface area (TPSA) is 80.6 Å². The highest BCUT2D eigenvalue weighted by Gasteiger charge is 2.31. The SMILES string of the molecule is C=CCOC(CC(C)=O)CC(O)CCn1c(-c2ccc(F)cc2)c(-c2ccccc2)c(C(=O)Nc2ccccc2)c1C(C)C. The number of ketones is 1. The first kappa shape index (κ1) is 32.6. The van der Waals surface area contributed by atoms with E-state index in [9.17, 15) is 19.1 Å². The number of nitrogens with zero attached hydrogens (tertiary/aromatic N) is 1. The van der Waals surface area contributed by atoms with Gasteiger partial charge >= 0.3 is 0 Å². The van der Waals surface area contributed by atoms with Crippen molar-refractivity contribution in [2.24, 2.45) is 0 Å². The van der Waals surface area contributed by atoms with Crippen LogP contribution in [0.15, 0.2) is 97.6 Å². The van der Waals surface area contributed by atoms with Crippen LogP contribution in [0.3, 0.4) is 0 Å². The summed E-state index contributed by atoms with van der Waals surface area (Å²) in [7, 11) is 0. The van der Waals surface area contributed by atoms with E-state index in [1.54, 1.807) is 18.2 Å². The molecule has 2 N–H and O–H groups in total. The lowest BCUT2D eigenvalue weighted by Gasteiger charge is -2.22. The Kier molecular flexibility index (Phi) is 11.4. The van der Waals surface area contributed by atoms with E-state index >= 15 is 0 Å². The summed E-state index contributed by atoms with van der Waals surface area (Å²) >= 11 is 0. The van der Waals surface area contributed by atoms with Gasteiger partial charge in [-0.3, -0.25) is 9.59 Å². The molecule has 0 bridgehead atoms. The summed E-state index contributed by atoms with van der Waals surface area (Å²) in [6.07, 6.45) is 1.25. The van der Waals surface area contributed by atoms with Gasteiger partial charge < -0.3 is 19.7 Å². The molecule has 0 saturated heterocycles. The monoisotopic (exact) mass is 596 g/mol. The third-order valence-electron chi connectivity index (χ3n) is 7.48. The second-order valence-electron chi connectivity index (χ2n) is 11.3. The predicted octanol–water partition coefficient (Wildman–Crippen LogP) is 8.03. The van der Waals surface area contributed by atoms with Crippen LogP contribution in [0.5, 0.6) is 0 Å². The van der Waals surface area contributed by atoms with E-state index in [2.05, 4.69) is 16.5 Å². The Morgan fingerprint density at radius 3 is 2.20 bits per heavy atom. The molecule has 4 rings (SSSR count). The van der Waals surface area contributed by atoms with Crippen LogP contribution in [-0.2, 0) is 16.1 Å². The summed E-state index contributed by atoms with van der Waals surface area (Å²) in [5.41, 5.74) is 5.14. The average Bonchev–Trinajstić information content (AvgIpc) is 3.35. The van der Waals surface area contributed by atoms with Gasteiger partial charge in [0.05, 0.1) is 30.1 Å². The van der Waals surface area contributed by atoms with Gasteiger partial charge in [0.25, 0.3) is 5.91 Å². The fraction of sp³-hybridized carbons (Fsp3) is 0.297. The summed E-state index contributed by atoms with van der Waals surface area (Å²) in [4.78, 5) is 26.0. The van der Waals surface area contributed by atoms with Crippen molar-refractivity contribution in [1.29, 1.82) is 0 Å². The lowest BCUT2D eigenvalue weighted by atomic mass is 9.94. The van der Waals surface area contributed by atoms with Crippen LogP contribution in [-0.4, -0.2) is 40.2 Å². The number of anilines is 1. The Bertz CT molecular complexity index is 1550. The molecule has 2 atom stereocenters. The Morgan fingerprint density at radius 1 is 0.977 bits per heavy atom. The van der Waals surface area contributed by atoms with Crippen molar-refractivity contribution in [3.63, 3.8) is 0 Å². The Morgan fingerprint density at radius 2 is 1.61 bits per heavy atom. The number of Topliss-reactive ketones (excluding diaryl/α,β-unsaturated/α-hetero) is 1. The minimum Gasteiger partial charge on any atom is -0.393 e. The maximum absolute atomic E-state index is 14.2. The second-order valence-corrected chi connectivity index (χ2v) is 11.3. The number of para-hydroxylation sites is 1. The number of nitrogens with one attached hydrogen (secondary N) is 1.